The van der Waals surface area contributed by atoms with Gasteiger partial charge in [-0.1, -0.05) is 29.4 Å². The van der Waals surface area contributed by atoms with E-state index in [1.54, 1.807) is 24.3 Å². The van der Waals surface area contributed by atoms with Gasteiger partial charge in [0.2, 0.25) is 6.10 Å². The van der Waals surface area contributed by atoms with Crippen molar-refractivity contribution >= 4 is 17.4 Å². The number of alkyl halides is 3. The predicted octanol–water partition coefficient (Wildman–Crippen LogP) is 1.45. The van der Waals surface area contributed by atoms with E-state index in [0.29, 0.717) is 5.56 Å². The molecular formula is C17H17F3N3O2+. The molecule has 1 atom stereocenters. The van der Waals surface area contributed by atoms with E-state index in [1.807, 2.05) is 6.07 Å². The topological polar surface area (TPSA) is 78.3 Å². The Morgan fingerprint density at radius 3 is 2.48 bits per heavy atom. The third kappa shape index (κ3) is 5.23. The lowest BCUT2D eigenvalue weighted by Gasteiger charge is -2.12. The van der Waals surface area contributed by atoms with Crippen LogP contribution in [0.3, 0.4) is 0 Å². The van der Waals surface area contributed by atoms with Crippen molar-refractivity contribution in [3.8, 4) is 0 Å². The maximum Gasteiger partial charge on any atom is 0.416 e. The van der Waals surface area contributed by atoms with Crippen molar-refractivity contribution < 1.29 is 28.0 Å². The number of hydrogen-bond donors (Lipinski definition) is 3. The molecule has 0 saturated carbocycles. The van der Waals surface area contributed by atoms with Crippen molar-refractivity contribution in [2.24, 2.45) is 5.73 Å². The fourth-order valence-corrected chi connectivity index (χ4v) is 1.90. The summed E-state index contributed by atoms with van der Waals surface area (Å²) in [5.41, 5.74) is 5.64. The minimum Gasteiger partial charge on any atom is -0.330 e. The summed E-state index contributed by atoms with van der Waals surface area (Å²) in [7, 11) is 0. The van der Waals surface area contributed by atoms with Crippen LogP contribution in [0.5, 0.6) is 0 Å². The van der Waals surface area contributed by atoms with Gasteiger partial charge in [-0.2, -0.15) is 13.2 Å². The molecule has 4 N–H and O–H groups in total. The van der Waals surface area contributed by atoms with Gasteiger partial charge in [-0.3, -0.25) is 10.5 Å². The van der Waals surface area contributed by atoms with Gasteiger partial charge in [0, 0.05) is 5.69 Å². The van der Waals surface area contributed by atoms with Crippen LogP contribution >= 0.6 is 0 Å². The van der Waals surface area contributed by atoms with Gasteiger partial charge in [-0.25, -0.2) is 0 Å². The normalized spacial score (nSPS) is 13.2. The highest BCUT2D eigenvalue weighted by Gasteiger charge is 2.30. The number of amidine groups is 1. The molecule has 2 rings (SSSR count). The summed E-state index contributed by atoms with van der Waals surface area (Å²) in [5, 5.41) is 4.82. The van der Waals surface area contributed by atoms with Crippen LogP contribution < -0.4 is 16.2 Å². The number of carbonyl (C=O) groups is 1. The van der Waals surface area contributed by atoms with Crippen LogP contribution in [-0.2, 0) is 15.8 Å². The number of hydrogen-bond acceptors (Lipinski definition) is 2. The number of halogens is 3. The summed E-state index contributed by atoms with van der Waals surface area (Å²) in [6.07, 6.45) is -5.47. The van der Waals surface area contributed by atoms with Crippen LogP contribution in [0, 0.1) is 0 Å². The smallest absolute Gasteiger partial charge is 0.330 e. The number of carbonyl (C=O) groups excluding carboxylic acids is 1. The molecular weight excluding hydrogens is 335 g/mol. The average molecular weight is 352 g/mol. The van der Waals surface area contributed by atoms with E-state index in [4.69, 9.17) is 10.6 Å². The second-order valence-electron chi connectivity index (χ2n) is 5.21. The number of nitrogens with one attached hydrogen (secondary N) is 2. The van der Waals surface area contributed by atoms with Crippen LogP contribution in [0.4, 0.5) is 18.9 Å². The van der Waals surface area contributed by atoms with Crippen LogP contribution in [0.1, 0.15) is 18.1 Å². The molecule has 25 heavy (non-hydrogen) atoms. The zero-order valence-corrected chi connectivity index (χ0v) is 13.3. The lowest BCUT2D eigenvalue weighted by atomic mass is 10.2. The van der Waals surface area contributed by atoms with Gasteiger partial charge in [0.1, 0.15) is 0 Å². The fraction of sp³-hybridized carbons (Fsp3) is 0.176. The first-order valence-corrected chi connectivity index (χ1v) is 7.35. The van der Waals surface area contributed by atoms with E-state index in [-0.39, 0.29) is 11.5 Å². The molecule has 0 aliphatic carbocycles. The molecule has 2 aromatic carbocycles. The zero-order chi connectivity index (χ0) is 18.4. The predicted molar refractivity (Wildman–Crippen MR) is 86.3 cm³/mol. The molecule has 0 aliphatic rings. The van der Waals surface area contributed by atoms with E-state index in [1.165, 1.54) is 19.1 Å². The number of nitrogen functional groups attached to an aromatic ring is 1. The summed E-state index contributed by atoms with van der Waals surface area (Å²) in [6, 6.07) is 13.2. The first-order valence-electron chi connectivity index (χ1n) is 7.35. The Balaban J connectivity index is 1.99. The number of anilines is 1. The van der Waals surface area contributed by atoms with Crippen LogP contribution in [0.15, 0.2) is 54.6 Å². The minimum absolute atomic E-state index is 0.0234. The Bertz CT molecular complexity index is 761. The molecule has 0 spiro atoms. The van der Waals surface area contributed by atoms with Gasteiger partial charge < -0.3 is 10.2 Å². The zero-order valence-electron chi connectivity index (χ0n) is 13.3. The van der Waals surface area contributed by atoms with Gasteiger partial charge in [0.15, 0.2) is 0 Å². The molecule has 8 heteroatoms. The van der Waals surface area contributed by atoms with Crippen molar-refractivity contribution in [3.05, 3.63) is 65.7 Å². The highest BCUT2D eigenvalue weighted by atomic mass is 19.4. The number of amides is 1. The summed E-state index contributed by atoms with van der Waals surface area (Å²) < 4.78 is 38.0. The highest BCUT2D eigenvalue weighted by molar-refractivity contribution is 5.94. The minimum atomic E-state index is -4.48. The van der Waals surface area contributed by atoms with Crippen molar-refractivity contribution in [1.29, 1.82) is 0 Å². The second kappa shape index (κ2) is 7.69. The summed E-state index contributed by atoms with van der Waals surface area (Å²) in [4.78, 5) is 17.2. The van der Waals surface area contributed by atoms with Gasteiger partial charge in [-0.15, -0.1) is 0 Å². The van der Waals surface area contributed by atoms with E-state index >= 15 is 0 Å². The molecule has 0 radical (unpaired) electrons. The highest BCUT2D eigenvalue weighted by Crippen LogP contribution is 2.30. The Morgan fingerprint density at radius 2 is 1.84 bits per heavy atom. The first-order chi connectivity index (χ1) is 11.8. The summed E-state index contributed by atoms with van der Waals surface area (Å²) >= 11 is 0. The third-order valence-corrected chi connectivity index (χ3v) is 3.26. The SMILES string of the molecule is C[C@H](O[NH+]=C(N)c1ccccc1)C(=O)Nc1cccc(C(F)(F)F)c1. The van der Waals surface area contributed by atoms with Gasteiger partial charge in [0.25, 0.3) is 5.91 Å². The monoisotopic (exact) mass is 352 g/mol. The van der Waals surface area contributed by atoms with Gasteiger partial charge in [0.05, 0.1) is 11.1 Å². The van der Waals surface area contributed by atoms with E-state index in [2.05, 4.69) is 10.5 Å². The summed E-state index contributed by atoms with van der Waals surface area (Å²) in [6.45, 7) is 1.44. The maximum atomic E-state index is 12.7. The molecule has 0 aromatic heterocycles. The van der Waals surface area contributed by atoms with Crippen molar-refractivity contribution in [3.63, 3.8) is 0 Å². The molecule has 0 fully saturated rings. The third-order valence-electron chi connectivity index (χ3n) is 3.26. The Hall–Kier alpha value is -3.03. The van der Waals surface area contributed by atoms with E-state index in [0.717, 1.165) is 12.1 Å². The van der Waals surface area contributed by atoms with Gasteiger partial charge >= 0.3 is 12.0 Å². The lowest BCUT2D eigenvalue weighted by molar-refractivity contribution is -0.759. The second-order valence-corrected chi connectivity index (χ2v) is 5.21. The van der Waals surface area contributed by atoms with Crippen LogP contribution in [0.25, 0.3) is 0 Å². The molecule has 0 aliphatic heterocycles. The van der Waals surface area contributed by atoms with Crippen molar-refractivity contribution in [2.45, 2.75) is 19.2 Å². The summed E-state index contributed by atoms with van der Waals surface area (Å²) in [5.74, 6) is -0.410. The molecule has 0 unspecified atom stereocenters. The Kier molecular flexibility index (Phi) is 5.63. The number of benzene rings is 2. The molecule has 0 bridgehead atoms. The lowest BCUT2D eigenvalue weighted by Crippen LogP contribution is -2.76. The maximum absolute atomic E-state index is 12.7. The van der Waals surface area contributed by atoms with Crippen LogP contribution in [0.2, 0.25) is 0 Å². The van der Waals surface area contributed by atoms with Crippen LogP contribution in [-0.4, -0.2) is 17.8 Å². The first kappa shape index (κ1) is 18.3. The van der Waals surface area contributed by atoms with E-state index in [9.17, 15) is 18.0 Å². The quantitative estimate of drug-likeness (QED) is 0.433. The van der Waals surface area contributed by atoms with E-state index < -0.39 is 23.8 Å². The molecule has 0 heterocycles. The molecule has 1 amide bonds. The number of nitrogens with two attached hydrogens (primary N) is 1. The Labute approximate surface area is 142 Å². The van der Waals surface area contributed by atoms with Crippen molar-refractivity contribution in [1.82, 2.24) is 0 Å². The Morgan fingerprint density at radius 1 is 1.16 bits per heavy atom. The molecule has 132 valence electrons. The molecule has 0 saturated heterocycles. The average Bonchev–Trinajstić information content (AvgIpc) is 2.59. The molecule has 5 nitrogen and oxygen atoms in total. The van der Waals surface area contributed by atoms with Gasteiger partial charge in [-0.05, 0) is 37.3 Å². The van der Waals surface area contributed by atoms with Crippen molar-refractivity contribution in [2.75, 3.05) is 5.32 Å². The molecule has 2 aromatic rings. The fourth-order valence-electron chi connectivity index (χ4n) is 1.90. The largest absolute Gasteiger partial charge is 0.416 e. The standard InChI is InChI=1S/C17H16F3N3O2/c1-11(25-23-15(21)12-6-3-2-4-7-12)16(24)22-14-9-5-8-13(10-14)17(18,19)20/h2-11H,1H3,(H2,21,23)(H,22,24)/p+1/t11-/m0/s1. The number of rotatable bonds is 5.